The first-order valence-electron chi connectivity index (χ1n) is 5.53. The van der Waals surface area contributed by atoms with Gasteiger partial charge in [0.1, 0.15) is 0 Å². The van der Waals surface area contributed by atoms with Gasteiger partial charge in [0.15, 0.2) is 0 Å². The Morgan fingerprint density at radius 1 is 1.50 bits per heavy atom. The van der Waals surface area contributed by atoms with Gasteiger partial charge < -0.3 is 0 Å². The number of hydrogen-bond acceptors (Lipinski definition) is 3. The van der Waals surface area contributed by atoms with Crippen molar-refractivity contribution in [3.8, 4) is 0 Å². The Morgan fingerprint density at radius 2 is 2.19 bits per heavy atom. The molecule has 0 aliphatic heterocycles. The number of hydrogen-bond donors (Lipinski definition) is 1. The van der Waals surface area contributed by atoms with Crippen LogP contribution in [0.1, 0.15) is 31.2 Å². The Balaban J connectivity index is 2.05. The molecule has 0 unspecified atom stereocenters. The summed E-state index contributed by atoms with van der Waals surface area (Å²) in [5, 5.41) is 6.32. The van der Waals surface area contributed by atoms with Crippen LogP contribution in [0.3, 0.4) is 0 Å². The van der Waals surface area contributed by atoms with Crippen LogP contribution >= 0.6 is 0 Å². The average molecular weight is 243 g/mol. The third-order valence-electron chi connectivity index (χ3n) is 3.12. The van der Waals surface area contributed by atoms with Gasteiger partial charge in [0.25, 0.3) is 0 Å². The highest BCUT2D eigenvalue weighted by Gasteiger charge is 2.32. The van der Waals surface area contributed by atoms with E-state index in [4.69, 9.17) is 0 Å². The Bertz CT molecular complexity index is 421. The van der Waals surface area contributed by atoms with Crippen molar-refractivity contribution in [2.75, 3.05) is 7.05 Å². The van der Waals surface area contributed by atoms with E-state index in [1.807, 2.05) is 0 Å². The van der Waals surface area contributed by atoms with E-state index in [0.29, 0.717) is 6.54 Å². The zero-order valence-electron chi connectivity index (χ0n) is 9.39. The van der Waals surface area contributed by atoms with Crippen molar-refractivity contribution < 1.29 is 8.42 Å². The second-order valence-corrected chi connectivity index (χ2v) is 6.63. The second kappa shape index (κ2) is 4.55. The van der Waals surface area contributed by atoms with E-state index in [1.165, 1.54) is 4.31 Å². The van der Waals surface area contributed by atoms with Gasteiger partial charge in [-0.15, -0.1) is 0 Å². The molecule has 2 rings (SSSR count). The maximum Gasteiger partial charge on any atom is 0.217 e. The summed E-state index contributed by atoms with van der Waals surface area (Å²) in [6.45, 7) is 0.398. The molecule has 0 saturated heterocycles. The van der Waals surface area contributed by atoms with Crippen molar-refractivity contribution >= 4 is 10.0 Å². The molecule has 1 fully saturated rings. The van der Waals surface area contributed by atoms with Crippen molar-refractivity contribution in [3.63, 3.8) is 0 Å². The molecule has 6 heteroatoms. The molecule has 1 aliphatic carbocycles. The lowest BCUT2D eigenvalue weighted by Gasteiger charge is -2.20. The molecule has 0 atom stereocenters. The van der Waals surface area contributed by atoms with Crippen molar-refractivity contribution in [1.82, 2.24) is 14.5 Å². The number of nitrogens with one attached hydrogen (secondary N) is 1. The molecule has 1 N–H and O–H groups in total. The highest BCUT2D eigenvalue weighted by Crippen LogP contribution is 2.27. The number of rotatable bonds is 4. The first-order chi connectivity index (χ1) is 7.60. The van der Waals surface area contributed by atoms with Gasteiger partial charge in [-0.3, -0.25) is 5.10 Å². The Labute approximate surface area is 95.9 Å². The standard InChI is InChI=1S/C10H17N3O2S/c1-13(8-9-6-11-12-7-9)16(14,15)10-4-2-3-5-10/h6-7,10H,2-5,8H2,1H3,(H,11,12). The molecule has 16 heavy (non-hydrogen) atoms. The molecule has 0 amide bonds. The topological polar surface area (TPSA) is 66.1 Å². The SMILES string of the molecule is CN(Cc1cn[nH]c1)S(=O)(=O)C1CCCC1. The first kappa shape index (κ1) is 11.6. The van der Waals surface area contributed by atoms with Crippen LogP contribution < -0.4 is 0 Å². The molecule has 0 aromatic carbocycles. The number of sulfonamides is 1. The minimum Gasteiger partial charge on any atom is -0.285 e. The average Bonchev–Trinajstić information content (AvgIpc) is 2.89. The van der Waals surface area contributed by atoms with Crippen molar-refractivity contribution in [2.24, 2.45) is 0 Å². The molecule has 90 valence electrons. The Kier molecular flexibility index (Phi) is 3.30. The van der Waals surface area contributed by atoms with Gasteiger partial charge in [0.2, 0.25) is 10.0 Å². The van der Waals surface area contributed by atoms with Gasteiger partial charge in [-0.05, 0) is 12.8 Å². The zero-order chi connectivity index (χ0) is 11.6. The minimum atomic E-state index is -3.12. The van der Waals surface area contributed by atoms with Gasteiger partial charge in [-0.1, -0.05) is 12.8 Å². The summed E-state index contributed by atoms with van der Waals surface area (Å²) >= 11 is 0. The third kappa shape index (κ3) is 2.27. The van der Waals surface area contributed by atoms with Crippen LogP contribution in [0, 0.1) is 0 Å². The van der Waals surface area contributed by atoms with Crippen LogP contribution in [-0.4, -0.2) is 35.2 Å². The molecule has 0 radical (unpaired) electrons. The lowest BCUT2D eigenvalue weighted by atomic mass is 10.4. The Morgan fingerprint density at radius 3 is 2.75 bits per heavy atom. The van der Waals surface area contributed by atoms with E-state index in [1.54, 1.807) is 19.4 Å². The van der Waals surface area contributed by atoms with E-state index < -0.39 is 10.0 Å². The summed E-state index contributed by atoms with van der Waals surface area (Å²) in [4.78, 5) is 0. The van der Waals surface area contributed by atoms with Crippen LogP contribution in [0.4, 0.5) is 0 Å². The van der Waals surface area contributed by atoms with Crippen LogP contribution in [-0.2, 0) is 16.6 Å². The largest absolute Gasteiger partial charge is 0.285 e. The molecule has 0 bridgehead atoms. The van der Waals surface area contributed by atoms with Crippen LogP contribution in [0.5, 0.6) is 0 Å². The van der Waals surface area contributed by atoms with E-state index in [-0.39, 0.29) is 5.25 Å². The normalized spacial score (nSPS) is 18.4. The highest BCUT2D eigenvalue weighted by atomic mass is 32.2. The van der Waals surface area contributed by atoms with Gasteiger partial charge in [-0.25, -0.2) is 12.7 Å². The fourth-order valence-corrected chi connectivity index (χ4v) is 3.92. The molecule has 1 aromatic heterocycles. The predicted octanol–water partition coefficient (Wildman–Crippen LogP) is 1.11. The smallest absolute Gasteiger partial charge is 0.217 e. The van der Waals surface area contributed by atoms with Crippen LogP contribution in [0.25, 0.3) is 0 Å². The van der Waals surface area contributed by atoms with Crippen molar-refractivity contribution in [2.45, 2.75) is 37.5 Å². The van der Waals surface area contributed by atoms with E-state index in [0.717, 1.165) is 31.2 Å². The second-order valence-electron chi connectivity index (χ2n) is 4.31. The summed E-state index contributed by atoms with van der Waals surface area (Å²) in [7, 11) is -1.48. The number of aromatic nitrogens is 2. The minimum absolute atomic E-state index is 0.176. The fourth-order valence-electron chi connectivity index (χ4n) is 2.15. The molecule has 1 aromatic rings. The molecule has 1 saturated carbocycles. The van der Waals surface area contributed by atoms with Crippen LogP contribution in [0.15, 0.2) is 12.4 Å². The number of nitrogens with zero attached hydrogens (tertiary/aromatic N) is 2. The maximum atomic E-state index is 12.2. The van der Waals surface area contributed by atoms with E-state index in [2.05, 4.69) is 10.2 Å². The summed E-state index contributed by atoms with van der Waals surface area (Å²) in [6, 6.07) is 0. The van der Waals surface area contributed by atoms with Gasteiger partial charge >= 0.3 is 0 Å². The Hall–Kier alpha value is -0.880. The highest BCUT2D eigenvalue weighted by molar-refractivity contribution is 7.89. The van der Waals surface area contributed by atoms with Gasteiger partial charge in [-0.2, -0.15) is 5.10 Å². The first-order valence-corrected chi connectivity index (χ1v) is 7.04. The lowest BCUT2D eigenvalue weighted by Crippen LogP contribution is -2.34. The summed E-state index contributed by atoms with van der Waals surface area (Å²) in [5.74, 6) is 0. The zero-order valence-corrected chi connectivity index (χ0v) is 10.2. The molecule has 5 nitrogen and oxygen atoms in total. The molecule has 0 spiro atoms. The fraction of sp³-hybridized carbons (Fsp3) is 0.700. The maximum absolute atomic E-state index is 12.2. The van der Waals surface area contributed by atoms with Crippen LogP contribution in [0.2, 0.25) is 0 Å². The molecular formula is C10H17N3O2S. The quantitative estimate of drug-likeness (QED) is 0.861. The summed E-state index contributed by atoms with van der Waals surface area (Å²) in [5.41, 5.74) is 0.893. The summed E-state index contributed by atoms with van der Waals surface area (Å²) in [6.07, 6.45) is 7.05. The van der Waals surface area contributed by atoms with Crippen molar-refractivity contribution in [1.29, 1.82) is 0 Å². The monoisotopic (exact) mass is 243 g/mol. The number of H-pyrrole nitrogens is 1. The van der Waals surface area contributed by atoms with E-state index >= 15 is 0 Å². The van der Waals surface area contributed by atoms with E-state index in [9.17, 15) is 8.42 Å². The lowest BCUT2D eigenvalue weighted by molar-refractivity contribution is 0.455. The molecular weight excluding hydrogens is 226 g/mol. The van der Waals surface area contributed by atoms with Gasteiger partial charge in [0.05, 0.1) is 11.4 Å². The van der Waals surface area contributed by atoms with Gasteiger partial charge in [0, 0.05) is 25.4 Å². The summed E-state index contributed by atoms with van der Waals surface area (Å²) < 4.78 is 25.7. The molecule has 1 aliphatic rings. The third-order valence-corrected chi connectivity index (χ3v) is 5.43. The molecule has 1 heterocycles. The number of aromatic amines is 1. The predicted molar refractivity (Wildman–Crippen MR) is 61.2 cm³/mol. The van der Waals surface area contributed by atoms with Crippen molar-refractivity contribution in [3.05, 3.63) is 18.0 Å².